The van der Waals surface area contributed by atoms with E-state index in [4.69, 9.17) is 21.1 Å². The summed E-state index contributed by atoms with van der Waals surface area (Å²) in [5.74, 6) is -2.14. The molecule has 21 heavy (non-hydrogen) atoms. The van der Waals surface area contributed by atoms with Gasteiger partial charge in [0.15, 0.2) is 10.9 Å². The number of furan rings is 1. The average molecular weight is 309 g/mol. The van der Waals surface area contributed by atoms with Gasteiger partial charge in [0.2, 0.25) is 0 Å². The van der Waals surface area contributed by atoms with Crippen LogP contribution in [0.15, 0.2) is 41.1 Å². The van der Waals surface area contributed by atoms with Crippen LogP contribution in [-0.2, 0) is 4.79 Å². The molecule has 2 aromatic heterocycles. The average Bonchev–Trinajstić information content (AvgIpc) is 2.98. The molecule has 1 atom stereocenters. The minimum atomic E-state index is -1.01. The molecule has 0 fully saturated rings. The molecular weight excluding hydrogens is 296 g/mol. The van der Waals surface area contributed by atoms with Crippen LogP contribution in [0, 0.1) is 5.92 Å². The Morgan fingerprint density at radius 1 is 1.43 bits per heavy atom. The van der Waals surface area contributed by atoms with Crippen molar-refractivity contribution in [3.63, 3.8) is 0 Å². The van der Waals surface area contributed by atoms with E-state index in [-0.39, 0.29) is 17.5 Å². The first kappa shape index (κ1) is 15.1. The van der Waals surface area contributed by atoms with Gasteiger partial charge >= 0.3 is 5.97 Å². The summed E-state index contributed by atoms with van der Waals surface area (Å²) < 4.78 is 5.08. The maximum Gasteiger partial charge on any atom is 0.308 e. The van der Waals surface area contributed by atoms with Gasteiger partial charge in [-0.3, -0.25) is 9.59 Å². The van der Waals surface area contributed by atoms with E-state index in [1.165, 1.54) is 30.4 Å². The van der Waals surface area contributed by atoms with Crippen molar-refractivity contribution >= 4 is 29.2 Å². The van der Waals surface area contributed by atoms with E-state index in [0.29, 0.717) is 5.69 Å². The van der Waals surface area contributed by atoms with Crippen LogP contribution in [0.25, 0.3) is 0 Å². The number of rotatable bonds is 5. The van der Waals surface area contributed by atoms with Crippen LogP contribution in [0.1, 0.15) is 17.5 Å². The quantitative estimate of drug-likeness (QED) is 0.859. The lowest BCUT2D eigenvalue weighted by Crippen LogP contribution is -2.37. The number of hydrogen-bond acceptors (Lipinski definition) is 4. The molecule has 0 radical (unpaired) electrons. The predicted molar refractivity (Wildman–Crippen MR) is 76.4 cm³/mol. The number of nitrogens with zero attached hydrogens (tertiary/aromatic N) is 2. The molecule has 0 bridgehead atoms. The van der Waals surface area contributed by atoms with Crippen LogP contribution >= 0.6 is 11.6 Å². The van der Waals surface area contributed by atoms with Gasteiger partial charge in [-0.1, -0.05) is 18.5 Å². The summed E-state index contributed by atoms with van der Waals surface area (Å²) in [4.78, 5) is 28.7. The molecule has 1 unspecified atom stereocenters. The fraction of sp³-hybridized carbons (Fsp3) is 0.214. The fourth-order valence-electron chi connectivity index (χ4n) is 1.75. The molecule has 2 heterocycles. The van der Waals surface area contributed by atoms with Crippen molar-refractivity contribution < 1.29 is 19.1 Å². The number of hydrogen-bond donors (Lipinski definition) is 1. The highest BCUT2D eigenvalue weighted by molar-refractivity contribution is 6.32. The van der Waals surface area contributed by atoms with Gasteiger partial charge < -0.3 is 14.4 Å². The van der Waals surface area contributed by atoms with Crippen molar-refractivity contribution in [2.75, 3.05) is 11.4 Å². The van der Waals surface area contributed by atoms with Crippen LogP contribution in [0.5, 0.6) is 0 Å². The third kappa shape index (κ3) is 3.41. The second kappa shape index (κ2) is 6.41. The van der Waals surface area contributed by atoms with Crippen molar-refractivity contribution in [2.24, 2.45) is 5.92 Å². The number of carboxylic acids is 1. The van der Waals surface area contributed by atoms with E-state index in [0.717, 1.165) is 0 Å². The molecule has 6 nitrogen and oxygen atoms in total. The number of amides is 1. The summed E-state index contributed by atoms with van der Waals surface area (Å²) in [6, 6.07) is 6.31. The van der Waals surface area contributed by atoms with Gasteiger partial charge in [-0.2, -0.15) is 0 Å². The largest absolute Gasteiger partial charge is 0.481 e. The number of carbonyl (C=O) groups excluding carboxylic acids is 1. The zero-order chi connectivity index (χ0) is 15.4. The van der Waals surface area contributed by atoms with Crippen LogP contribution in [0.2, 0.25) is 5.15 Å². The van der Waals surface area contributed by atoms with Gasteiger partial charge in [-0.15, -0.1) is 0 Å². The SMILES string of the molecule is CC(CN(C(=O)c1ccco1)c1cccnc1Cl)C(=O)O. The van der Waals surface area contributed by atoms with Gasteiger partial charge in [0.05, 0.1) is 17.9 Å². The number of aromatic nitrogens is 1. The first-order valence-electron chi connectivity index (χ1n) is 6.19. The smallest absolute Gasteiger partial charge is 0.308 e. The van der Waals surface area contributed by atoms with Crippen molar-refractivity contribution in [1.29, 1.82) is 0 Å². The van der Waals surface area contributed by atoms with Crippen LogP contribution < -0.4 is 4.90 Å². The Kier molecular flexibility index (Phi) is 4.59. The lowest BCUT2D eigenvalue weighted by molar-refractivity contribution is -0.140. The monoisotopic (exact) mass is 308 g/mol. The molecule has 0 aliphatic heterocycles. The molecule has 1 amide bonds. The number of pyridine rings is 1. The number of anilines is 1. The number of carbonyl (C=O) groups is 2. The first-order valence-corrected chi connectivity index (χ1v) is 6.57. The van der Waals surface area contributed by atoms with Crippen molar-refractivity contribution in [3.05, 3.63) is 47.6 Å². The van der Waals surface area contributed by atoms with Gasteiger partial charge in [0.25, 0.3) is 5.91 Å². The summed E-state index contributed by atoms with van der Waals surface area (Å²) in [6.45, 7) is 1.47. The molecule has 0 spiro atoms. The van der Waals surface area contributed by atoms with Crippen LogP contribution in [-0.4, -0.2) is 28.5 Å². The van der Waals surface area contributed by atoms with E-state index in [1.54, 1.807) is 18.2 Å². The second-order valence-electron chi connectivity index (χ2n) is 4.45. The third-order valence-electron chi connectivity index (χ3n) is 2.89. The normalized spacial score (nSPS) is 11.9. The molecule has 0 saturated heterocycles. The molecule has 0 aromatic carbocycles. The summed E-state index contributed by atoms with van der Waals surface area (Å²) in [5, 5.41) is 9.17. The highest BCUT2D eigenvalue weighted by Crippen LogP contribution is 2.25. The fourth-order valence-corrected chi connectivity index (χ4v) is 1.98. The Morgan fingerprint density at radius 2 is 2.19 bits per heavy atom. The van der Waals surface area contributed by atoms with Gasteiger partial charge in [-0.25, -0.2) is 4.98 Å². The summed E-state index contributed by atoms with van der Waals surface area (Å²) in [6.07, 6.45) is 2.86. The zero-order valence-electron chi connectivity index (χ0n) is 11.2. The van der Waals surface area contributed by atoms with E-state index >= 15 is 0 Å². The Hall–Kier alpha value is -2.34. The van der Waals surface area contributed by atoms with E-state index in [1.807, 2.05) is 0 Å². The molecule has 1 N–H and O–H groups in total. The highest BCUT2D eigenvalue weighted by Gasteiger charge is 2.26. The Morgan fingerprint density at radius 3 is 2.76 bits per heavy atom. The molecule has 0 aliphatic rings. The maximum absolute atomic E-state index is 12.5. The van der Waals surface area contributed by atoms with Gasteiger partial charge in [0, 0.05) is 12.7 Å². The molecule has 2 aromatic rings. The number of halogens is 1. The molecular formula is C14H13ClN2O4. The first-order chi connectivity index (χ1) is 10.0. The zero-order valence-corrected chi connectivity index (χ0v) is 11.9. The third-order valence-corrected chi connectivity index (χ3v) is 3.18. The second-order valence-corrected chi connectivity index (χ2v) is 4.80. The standard InChI is InChI=1S/C14H13ClN2O4/c1-9(14(19)20)8-17(10-4-2-6-16-12(10)15)13(18)11-5-3-7-21-11/h2-7,9H,8H2,1H3,(H,19,20). The Balaban J connectivity index is 2.37. The molecule has 0 aliphatic carbocycles. The summed E-state index contributed by atoms with van der Waals surface area (Å²) in [7, 11) is 0. The van der Waals surface area contributed by atoms with Crippen LogP contribution in [0.3, 0.4) is 0 Å². The highest BCUT2D eigenvalue weighted by atomic mass is 35.5. The summed E-state index contributed by atoms with van der Waals surface area (Å²) in [5.41, 5.74) is 0.341. The lowest BCUT2D eigenvalue weighted by Gasteiger charge is -2.24. The molecule has 2 rings (SSSR count). The molecule has 0 saturated carbocycles. The minimum Gasteiger partial charge on any atom is -0.481 e. The van der Waals surface area contributed by atoms with Gasteiger partial charge in [-0.05, 0) is 24.3 Å². The van der Waals surface area contributed by atoms with E-state index in [2.05, 4.69) is 4.98 Å². The lowest BCUT2D eigenvalue weighted by atomic mass is 10.1. The minimum absolute atomic E-state index is 0.0414. The number of aliphatic carboxylic acids is 1. The maximum atomic E-state index is 12.5. The van der Waals surface area contributed by atoms with Crippen molar-refractivity contribution in [1.82, 2.24) is 4.98 Å². The predicted octanol–water partition coefficient (Wildman–Crippen LogP) is 2.70. The molecule has 7 heteroatoms. The van der Waals surface area contributed by atoms with Crippen molar-refractivity contribution in [3.8, 4) is 0 Å². The molecule has 110 valence electrons. The Labute approximate surface area is 126 Å². The topological polar surface area (TPSA) is 83.6 Å². The summed E-state index contributed by atoms with van der Waals surface area (Å²) >= 11 is 6.00. The van der Waals surface area contributed by atoms with Crippen molar-refractivity contribution in [2.45, 2.75) is 6.92 Å². The Bertz CT molecular complexity index is 642. The van der Waals surface area contributed by atoms with E-state index in [9.17, 15) is 9.59 Å². The van der Waals surface area contributed by atoms with Crippen LogP contribution in [0.4, 0.5) is 5.69 Å². The number of carboxylic acid groups (broad SMARTS) is 1. The van der Waals surface area contributed by atoms with Gasteiger partial charge in [0.1, 0.15) is 0 Å². The van der Waals surface area contributed by atoms with E-state index < -0.39 is 17.8 Å².